The van der Waals surface area contributed by atoms with E-state index in [1.807, 2.05) is 12.1 Å². The Morgan fingerprint density at radius 2 is 1.55 bits per heavy atom. The van der Waals surface area contributed by atoms with E-state index in [-0.39, 0.29) is 11.8 Å². The molecule has 2 aromatic rings. The quantitative estimate of drug-likeness (QED) is 0.506. The maximum Gasteiger partial charge on any atom is 0.308 e. The van der Waals surface area contributed by atoms with Gasteiger partial charge >= 0.3 is 17.9 Å². The van der Waals surface area contributed by atoms with Crippen LogP contribution in [0, 0.1) is 17.8 Å². The van der Waals surface area contributed by atoms with E-state index in [1.165, 1.54) is 20.8 Å². The van der Waals surface area contributed by atoms with Crippen LogP contribution in [0.2, 0.25) is 0 Å². The van der Waals surface area contributed by atoms with Gasteiger partial charge in [-0.05, 0) is 55.4 Å². The van der Waals surface area contributed by atoms with Crippen LogP contribution in [0.5, 0.6) is 23.0 Å². The lowest BCUT2D eigenvalue weighted by atomic mass is 9.67. The van der Waals surface area contributed by atoms with Crippen molar-refractivity contribution in [2.45, 2.75) is 52.1 Å². The van der Waals surface area contributed by atoms with Crippen LogP contribution in [0.3, 0.4) is 0 Å². The zero-order chi connectivity index (χ0) is 23.3. The Balaban J connectivity index is 1.63. The number of fused-ring (bicyclic) bond motifs is 6. The SMILES string of the molecule is CC(=O)Oc1ccc2c(c1)OC1(c3ccc(OC(C)=O)cc3OC(C)=O)C(C2)[C@H]2CC[C@@H]1C2. The van der Waals surface area contributed by atoms with Crippen molar-refractivity contribution in [2.75, 3.05) is 0 Å². The molecule has 4 atom stereocenters. The van der Waals surface area contributed by atoms with Crippen molar-refractivity contribution in [1.82, 2.24) is 0 Å². The topological polar surface area (TPSA) is 88.1 Å². The zero-order valence-electron chi connectivity index (χ0n) is 18.9. The fourth-order valence-corrected chi connectivity index (χ4v) is 6.12. The molecular weight excluding hydrogens is 424 g/mol. The molecule has 0 amide bonds. The zero-order valence-corrected chi connectivity index (χ0v) is 18.9. The van der Waals surface area contributed by atoms with Crippen molar-refractivity contribution in [3.63, 3.8) is 0 Å². The lowest BCUT2D eigenvalue weighted by molar-refractivity contribution is -0.133. The molecule has 7 heteroatoms. The van der Waals surface area contributed by atoms with Crippen LogP contribution >= 0.6 is 0 Å². The average Bonchev–Trinajstić information content (AvgIpc) is 3.32. The van der Waals surface area contributed by atoms with Crippen LogP contribution in [0.15, 0.2) is 36.4 Å². The molecule has 33 heavy (non-hydrogen) atoms. The number of rotatable bonds is 4. The van der Waals surface area contributed by atoms with E-state index in [1.54, 1.807) is 24.3 Å². The van der Waals surface area contributed by atoms with Gasteiger partial charge in [-0.2, -0.15) is 0 Å². The highest BCUT2D eigenvalue weighted by atomic mass is 16.6. The van der Waals surface area contributed by atoms with Crippen LogP contribution < -0.4 is 18.9 Å². The predicted molar refractivity (Wildman–Crippen MR) is 117 cm³/mol. The normalized spacial score (nSPS) is 26.6. The van der Waals surface area contributed by atoms with E-state index in [0.29, 0.717) is 28.9 Å². The van der Waals surface area contributed by atoms with Crippen molar-refractivity contribution in [2.24, 2.45) is 17.8 Å². The summed E-state index contributed by atoms with van der Waals surface area (Å²) >= 11 is 0. The van der Waals surface area contributed by atoms with Crippen molar-refractivity contribution in [3.8, 4) is 23.0 Å². The first-order valence-corrected chi connectivity index (χ1v) is 11.3. The number of hydrogen-bond acceptors (Lipinski definition) is 7. The van der Waals surface area contributed by atoms with Gasteiger partial charge in [-0.15, -0.1) is 0 Å². The number of carbonyl (C=O) groups excluding carboxylic acids is 3. The third-order valence-corrected chi connectivity index (χ3v) is 7.11. The lowest BCUT2D eigenvalue weighted by Gasteiger charge is -2.48. The van der Waals surface area contributed by atoms with Crippen LogP contribution in [-0.2, 0) is 26.4 Å². The molecule has 7 nitrogen and oxygen atoms in total. The third kappa shape index (κ3) is 3.65. The van der Waals surface area contributed by atoms with E-state index < -0.39 is 23.5 Å². The minimum absolute atomic E-state index is 0.220. The van der Waals surface area contributed by atoms with E-state index in [4.69, 9.17) is 18.9 Å². The predicted octanol–water partition coefficient (Wildman–Crippen LogP) is 4.34. The Morgan fingerprint density at radius 3 is 2.24 bits per heavy atom. The summed E-state index contributed by atoms with van der Waals surface area (Å²) in [5, 5.41) is 0. The van der Waals surface area contributed by atoms with Gasteiger partial charge in [-0.3, -0.25) is 14.4 Å². The summed E-state index contributed by atoms with van der Waals surface area (Å²) in [4.78, 5) is 34.9. The van der Waals surface area contributed by atoms with Crippen LogP contribution in [-0.4, -0.2) is 17.9 Å². The number of esters is 3. The molecule has 1 aliphatic heterocycles. The van der Waals surface area contributed by atoms with Crippen molar-refractivity contribution < 1.29 is 33.3 Å². The molecule has 2 fully saturated rings. The molecule has 172 valence electrons. The molecule has 2 bridgehead atoms. The molecule has 5 rings (SSSR count). The molecular formula is C26H26O7. The second kappa shape index (κ2) is 7.90. The molecule has 3 aliphatic rings. The Labute approximate surface area is 192 Å². The van der Waals surface area contributed by atoms with Gasteiger partial charge in [-0.1, -0.05) is 6.07 Å². The second-order valence-corrected chi connectivity index (χ2v) is 9.18. The van der Waals surface area contributed by atoms with E-state index in [0.717, 1.165) is 36.8 Å². The van der Waals surface area contributed by atoms with Crippen LogP contribution in [0.4, 0.5) is 0 Å². The summed E-state index contributed by atoms with van der Waals surface area (Å²) < 4.78 is 23.0. The van der Waals surface area contributed by atoms with Gasteiger partial charge in [0.2, 0.25) is 0 Å². The summed E-state index contributed by atoms with van der Waals surface area (Å²) in [6.07, 6.45) is 4.03. The summed E-state index contributed by atoms with van der Waals surface area (Å²) in [7, 11) is 0. The van der Waals surface area contributed by atoms with Gasteiger partial charge in [0, 0.05) is 50.3 Å². The number of benzene rings is 2. The molecule has 1 heterocycles. The Kier molecular flexibility index (Phi) is 5.15. The van der Waals surface area contributed by atoms with Crippen LogP contribution in [0.25, 0.3) is 0 Å². The largest absolute Gasteiger partial charge is 0.481 e. The Hall–Kier alpha value is -3.35. The fourth-order valence-electron chi connectivity index (χ4n) is 6.12. The first-order valence-electron chi connectivity index (χ1n) is 11.3. The van der Waals surface area contributed by atoms with E-state index in [2.05, 4.69) is 0 Å². The third-order valence-electron chi connectivity index (χ3n) is 7.11. The van der Waals surface area contributed by atoms with E-state index in [9.17, 15) is 14.4 Å². The average molecular weight is 450 g/mol. The van der Waals surface area contributed by atoms with Gasteiger partial charge in [0.1, 0.15) is 28.6 Å². The minimum Gasteiger partial charge on any atom is -0.481 e. The van der Waals surface area contributed by atoms with Crippen molar-refractivity contribution in [1.29, 1.82) is 0 Å². The number of hydrogen-bond donors (Lipinski definition) is 0. The highest BCUT2D eigenvalue weighted by Crippen LogP contribution is 2.65. The monoisotopic (exact) mass is 450 g/mol. The van der Waals surface area contributed by atoms with Crippen molar-refractivity contribution >= 4 is 17.9 Å². The molecule has 2 aromatic carbocycles. The summed E-state index contributed by atoms with van der Waals surface area (Å²) in [5.74, 6) is 1.45. The number of ether oxygens (including phenoxy) is 4. The first-order chi connectivity index (χ1) is 15.8. The van der Waals surface area contributed by atoms with Crippen molar-refractivity contribution in [3.05, 3.63) is 47.5 Å². The highest BCUT2D eigenvalue weighted by molar-refractivity contribution is 5.72. The van der Waals surface area contributed by atoms with Gasteiger partial charge in [0.05, 0.1) is 0 Å². The molecule has 0 aromatic heterocycles. The summed E-state index contributed by atoms with van der Waals surface area (Å²) in [6.45, 7) is 4.04. The smallest absolute Gasteiger partial charge is 0.308 e. The maximum absolute atomic E-state index is 12.0. The van der Waals surface area contributed by atoms with Crippen LogP contribution in [0.1, 0.15) is 51.2 Å². The summed E-state index contributed by atoms with van der Waals surface area (Å²) in [6, 6.07) is 10.7. The van der Waals surface area contributed by atoms with Gasteiger partial charge in [0.15, 0.2) is 0 Å². The molecule has 0 N–H and O–H groups in total. The van der Waals surface area contributed by atoms with Gasteiger partial charge in [-0.25, -0.2) is 0 Å². The minimum atomic E-state index is -0.676. The van der Waals surface area contributed by atoms with Gasteiger partial charge in [0.25, 0.3) is 0 Å². The Bertz CT molecular complexity index is 1150. The fraction of sp³-hybridized carbons (Fsp3) is 0.423. The summed E-state index contributed by atoms with van der Waals surface area (Å²) in [5.41, 5.74) is 1.18. The van der Waals surface area contributed by atoms with E-state index >= 15 is 0 Å². The first kappa shape index (κ1) is 21.5. The molecule has 2 saturated carbocycles. The Morgan fingerprint density at radius 1 is 0.879 bits per heavy atom. The molecule has 2 unspecified atom stereocenters. The second-order valence-electron chi connectivity index (χ2n) is 9.18. The molecule has 0 saturated heterocycles. The number of carbonyl (C=O) groups is 3. The maximum atomic E-state index is 12.0. The molecule has 0 radical (unpaired) electrons. The molecule has 2 aliphatic carbocycles. The standard InChI is InChI=1S/C26H26O7/c1-14(27)30-20-7-5-18-11-23-17-4-6-19(10-17)26(23,33-24(18)12-20)22-9-8-21(31-15(2)28)13-25(22)32-16(3)29/h5,7-9,12-13,17,19,23H,4,6,10-11H2,1-3H3/t17-,19+,23?,26?/m0/s1. The lowest BCUT2D eigenvalue weighted by Crippen LogP contribution is -2.49. The highest BCUT2D eigenvalue weighted by Gasteiger charge is 2.63. The molecule has 0 spiro atoms. The van der Waals surface area contributed by atoms with Gasteiger partial charge < -0.3 is 18.9 Å².